The molecule has 0 unspecified atom stereocenters. The van der Waals surface area contributed by atoms with Crippen LogP contribution in [0, 0.1) is 0 Å². The Labute approximate surface area is 164 Å². The highest BCUT2D eigenvalue weighted by atomic mass is 28.4. The normalized spacial score (nSPS) is 11.5. The number of nitrogens with two attached hydrogens (primary N) is 1. The van der Waals surface area contributed by atoms with Crippen molar-refractivity contribution in [2.24, 2.45) is 5.73 Å². The van der Waals surface area contributed by atoms with Gasteiger partial charge in [-0.2, -0.15) is 0 Å². The van der Waals surface area contributed by atoms with Crippen molar-refractivity contribution < 1.29 is 18.4 Å². The second kappa shape index (κ2) is 21.3. The SMILES string of the molecule is CC(C)O.CCO[Si](CCCCCCCCCCCN)(OCC)OCC. The average molecular weight is 394 g/mol. The van der Waals surface area contributed by atoms with Crippen LogP contribution in [0.5, 0.6) is 0 Å². The Hall–Kier alpha value is 0.0169. The molecule has 0 aromatic carbocycles. The van der Waals surface area contributed by atoms with E-state index in [1.807, 2.05) is 20.8 Å². The van der Waals surface area contributed by atoms with E-state index in [4.69, 9.17) is 24.1 Å². The van der Waals surface area contributed by atoms with Gasteiger partial charge in [-0.25, -0.2) is 0 Å². The number of aliphatic hydroxyl groups is 1. The Bertz CT molecular complexity index is 248. The van der Waals surface area contributed by atoms with Gasteiger partial charge in [-0.1, -0.05) is 44.9 Å². The Kier molecular flexibility index (Phi) is 23.1. The standard InChI is InChI=1S/C17H39NO3Si.C3H8O/c1-4-19-22(20-5-2,21-6-3)17-15-13-11-9-7-8-10-12-14-16-18;1-3(2)4/h4-18H2,1-3H3;3-4H,1-2H3. The minimum absolute atomic E-state index is 0.167. The van der Waals surface area contributed by atoms with Crippen LogP contribution in [0.25, 0.3) is 0 Å². The quantitative estimate of drug-likeness (QED) is 0.272. The van der Waals surface area contributed by atoms with Crippen molar-refractivity contribution in [1.82, 2.24) is 0 Å². The fraction of sp³-hybridized carbons (Fsp3) is 1.00. The van der Waals surface area contributed by atoms with Crippen LogP contribution in [0.3, 0.4) is 0 Å². The smallest absolute Gasteiger partial charge is 0.394 e. The fourth-order valence-corrected chi connectivity index (χ4v) is 5.41. The highest BCUT2D eigenvalue weighted by Gasteiger charge is 2.39. The van der Waals surface area contributed by atoms with E-state index in [1.54, 1.807) is 13.8 Å². The first-order valence-corrected chi connectivity index (χ1v) is 12.7. The van der Waals surface area contributed by atoms with Crippen LogP contribution in [-0.2, 0) is 13.3 Å². The maximum absolute atomic E-state index is 8.06. The number of aliphatic hydroxyl groups excluding tert-OH is 1. The van der Waals surface area contributed by atoms with Crippen molar-refractivity contribution in [3.8, 4) is 0 Å². The van der Waals surface area contributed by atoms with Gasteiger partial charge in [-0.3, -0.25) is 0 Å². The molecule has 0 radical (unpaired) electrons. The monoisotopic (exact) mass is 393 g/mol. The Balaban J connectivity index is 0. The Morgan fingerprint density at radius 1 is 0.692 bits per heavy atom. The Morgan fingerprint density at radius 3 is 1.31 bits per heavy atom. The predicted octanol–water partition coefficient (Wildman–Crippen LogP) is 4.89. The number of unbranched alkanes of at least 4 members (excludes halogenated alkanes) is 8. The van der Waals surface area contributed by atoms with Crippen molar-refractivity contribution in [3.05, 3.63) is 0 Å². The fourth-order valence-electron chi connectivity index (χ4n) is 2.72. The summed E-state index contributed by atoms with van der Waals surface area (Å²) in [5, 5.41) is 8.06. The molecule has 0 atom stereocenters. The first kappa shape index (κ1) is 28.2. The zero-order chi connectivity index (χ0) is 20.1. The molecule has 0 spiro atoms. The maximum atomic E-state index is 8.06. The third-order valence-corrected chi connectivity index (χ3v) is 6.93. The molecule has 0 aromatic rings. The van der Waals surface area contributed by atoms with E-state index in [-0.39, 0.29) is 6.10 Å². The lowest BCUT2D eigenvalue weighted by Crippen LogP contribution is -2.45. The minimum atomic E-state index is -2.40. The van der Waals surface area contributed by atoms with Gasteiger partial charge in [0.1, 0.15) is 0 Å². The number of hydrogen-bond acceptors (Lipinski definition) is 5. The molecule has 26 heavy (non-hydrogen) atoms. The van der Waals surface area contributed by atoms with Gasteiger partial charge in [0.05, 0.1) is 0 Å². The van der Waals surface area contributed by atoms with E-state index in [2.05, 4.69) is 0 Å². The van der Waals surface area contributed by atoms with Crippen LogP contribution < -0.4 is 5.73 Å². The summed E-state index contributed by atoms with van der Waals surface area (Å²) in [6.45, 7) is 12.4. The Morgan fingerprint density at radius 2 is 1.00 bits per heavy atom. The van der Waals surface area contributed by atoms with Crippen LogP contribution in [0.1, 0.15) is 92.4 Å². The lowest BCUT2D eigenvalue weighted by Gasteiger charge is -2.28. The third-order valence-electron chi connectivity index (χ3n) is 3.78. The molecule has 3 N–H and O–H groups in total. The molecule has 0 aliphatic heterocycles. The van der Waals surface area contributed by atoms with E-state index in [0.717, 1.165) is 19.0 Å². The van der Waals surface area contributed by atoms with Gasteiger partial charge >= 0.3 is 8.80 Å². The second-order valence-corrected chi connectivity index (χ2v) is 9.53. The maximum Gasteiger partial charge on any atom is 0.500 e. The summed E-state index contributed by atoms with van der Waals surface area (Å²) in [7, 11) is -2.40. The highest BCUT2D eigenvalue weighted by Crippen LogP contribution is 2.20. The van der Waals surface area contributed by atoms with Crippen molar-refractivity contribution in [2.45, 2.75) is 105 Å². The molecule has 0 bridgehead atoms. The summed E-state index contributed by atoms with van der Waals surface area (Å²) in [6.07, 6.45) is 11.4. The molecule has 0 saturated carbocycles. The molecule has 5 nitrogen and oxygen atoms in total. The summed E-state index contributed by atoms with van der Waals surface area (Å²) in [6, 6.07) is 0.957. The lowest BCUT2D eigenvalue weighted by atomic mass is 10.1. The van der Waals surface area contributed by atoms with Crippen molar-refractivity contribution in [2.75, 3.05) is 26.4 Å². The van der Waals surface area contributed by atoms with E-state index in [0.29, 0.717) is 19.8 Å². The highest BCUT2D eigenvalue weighted by molar-refractivity contribution is 6.60. The second-order valence-electron chi connectivity index (χ2n) is 6.80. The molecule has 0 saturated heterocycles. The largest absolute Gasteiger partial charge is 0.500 e. The van der Waals surface area contributed by atoms with Crippen LogP contribution in [0.2, 0.25) is 6.04 Å². The lowest BCUT2D eigenvalue weighted by molar-refractivity contribution is 0.0706. The average Bonchev–Trinajstić information content (AvgIpc) is 2.57. The first-order valence-electron chi connectivity index (χ1n) is 10.8. The molecule has 6 heteroatoms. The molecule has 0 heterocycles. The van der Waals surface area contributed by atoms with Gasteiger partial charge in [0, 0.05) is 32.0 Å². The topological polar surface area (TPSA) is 73.9 Å². The minimum Gasteiger partial charge on any atom is -0.394 e. The molecule has 0 aromatic heterocycles. The summed E-state index contributed by atoms with van der Waals surface area (Å²) in [4.78, 5) is 0. The van der Waals surface area contributed by atoms with Crippen LogP contribution in [0.4, 0.5) is 0 Å². The van der Waals surface area contributed by atoms with Gasteiger partial charge in [0.2, 0.25) is 0 Å². The predicted molar refractivity (Wildman–Crippen MR) is 113 cm³/mol. The molecule has 160 valence electrons. The van der Waals surface area contributed by atoms with Crippen molar-refractivity contribution in [3.63, 3.8) is 0 Å². The molecular weight excluding hydrogens is 346 g/mol. The van der Waals surface area contributed by atoms with E-state index < -0.39 is 8.80 Å². The van der Waals surface area contributed by atoms with Crippen molar-refractivity contribution in [1.29, 1.82) is 0 Å². The number of rotatable bonds is 17. The van der Waals surface area contributed by atoms with E-state index >= 15 is 0 Å². The van der Waals surface area contributed by atoms with Gasteiger partial charge in [0.25, 0.3) is 0 Å². The van der Waals surface area contributed by atoms with Gasteiger partial charge in [0.15, 0.2) is 0 Å². The summed E-state index contributed by atoms with van der Waals surface area (Å²) in [5.74, 6) is 0. The molecule has 0 amide bonds. The number of hydrogen-bond donors (Lipinski definition) is 2. The van der Waals surface area contributed by atoms with Crippen LogP contribution >= 0.6 is 0 Å². The molecule has 0 fully saturated rings. The van der Waals surface area contributed by atoms with Gasteiger partial charge in [-0.15, -0.1) is 0 Å². The molecular formula is C20H47NO4Si. The first-order chi connectivity index (χ1) is 12.5. The zero-order valence-corrected chi connectivity index (χ0v) is 19.2. The van der Waals surface area contributed by atoms with E-state index in [1.165, 1.54) is 51.4 Å². The summed E-state index contributed by atoms with van der Waals surface area (Å²) in [5.41, 5.74) is 5.50. The van der Waals surface area contributed by atoms with Gasteiger partial charge < -0.3 is 24.1 Å². The third kappa shape index (κ3) is 20.3. The molecule has 0 aliphatic carbocycles. The summed E-state index contributed by atoms with van der Waals surface area (Å²) < 4.78 is 17.6. The van der Waals surface area contributed by atoms with Crippen molar-refractivity contribution >= 4 is 8.80 Å². The van der Waals surface area contributed by atoms with Crippen LogP contribution in [-0.4, -0.2) is 46.4 Å². The molecule has 0 aliphatic rings. The summed E-state index contributed by atoms with van der Waals surface area (Å²) >= 11 is 0. The van der Waals surface area contributed by atoms with Crippen LogP contribution in [0.15, 0.2) is 0 Å². The van der Waals surface area contributed by atoms with E-state index in [9.17, 15) is 0 Å². The zero-order valence-electron chi connectivity index (χ0n) is 18.2. The van der Waals surface area contributed by atoms with Gasteiger partial charge in [-0.05, 0) is 54.0 Å². The molecule has 0 rings (SSSR count).